The fourth-order valence-corrected chi connectivity index (χ4v) is 8.37. The Morgan fingerprint density at radius 3 is 1.26 bits per heavy atom. The number of carbonyl (C=O) groups excluding carboxylic acids is 1. The van der Waals surface area contributed by atoms with Gasteiger partial charge in [-0.3, -0.25) is 9.36 Å². The lowest BCUT2D eigenvalue weighted by molar-refractivity contribution is -0.870. The molecule has 0 aromatic carbocycles. The third-order valence-corrected chi connectivity index (χ3v) is 12.9. The summed E-state index contributed by atoms with van der Waals surface area (Å²) in [5.74, 6) is -0.342. The maximum absolute atomic E-state index is 12.8. The molecule has 0 aromatic heterocycles. The van der Waals surface area contributed by atoms with Crippen molar-refractivity contribution in [3.63, 3.8) is 0 Å². The van der Waals surface area contributed by atoms with E-state index in [1.165, 1.54) is 116 Å². The third-order valence-electron chi connectivity index (χ3n) is 12.0. The van der Waals surface area contributed by atoms with Crippen LogP contribution in [0.2, 0.25) is 0 Å². The molecule has 0 aliphatic rings. The number of hydrogen-bond acceptors (Lipinski definition) is 7. The molecule has 2 atom stereocenters. The number of phosphoric ester groups is 1. The van der Waals surface area contributed by atoms with Crippen LogP contribution in [0.15, 0.2) is 85.1 Å². The molecule has 2 unspecified atom stereocenters. The molecule has 0 bridgehead atoms. The Bertz CT molecular complexity index is 1380. The summed E-state index contributed by atoms with van der Waals surface area (Å²) in [7, 11) is 1.33. The van der Waals surface area contributed by atoms with Gasteiger partial charge in [-0.15, -0.1) is 0 Å². The number of phosphoric acid groups is 1. The first kappa shape index (κ1) is 66.7. The van der Waals surface area contributed by atoms with E-state index in [1.54, 1.807) is 0 Å². The van der Waals surface area contributed by atoms with Gasteiger partial charge in [-0.05, 0) is 70.6 Å². The molecule has 0 saturated carbocycles. The highest BCUT2D eigenvalue weighted by molar-refractivity contribution is 7.45. The van der Waals surface area contributed by atoms with Crippen LogP contribution in [-0.4, -0.2) is 70.7 Å². The SMILES string of the molecule is CC/C=C\C/C=C\C/C=C\C/C=C\C/C=C\C/C=C\C/C=C\CCCCCCOCC(COP(=O)([O-])OCC[N+](C)(C)C)OC(=O)CCCCCCCCCCCCCCCCCCCCCCC. The Balaban J connectivity index is 4.17. The van der Waals surface area contributed by atoms with Crippen molar-refractivity contribution < 1.29 is 37.3 Å². The number of carbonyl (C=O) groups is 1. The van der Waals surface area contributed by atoms with Gasteiger partial charge in [0.25, 0.3) is 7.82 Å². The minimum absolute atomic E-state index is 0.0178. The summed E-state index contributed by atoms with van der Waals surface area (Å²) in [4.78, 5) is 25.2. The highest BCUT2D eigenvalue weighted by atomic mass is 31.2. The van der Waals surface area contributed by atoms with Crippen LogP contribution in [0.3, 0.4) is 0 Å². The van der Waals surface area contributed by atoms with E-state index in [-0.39, 0.29) is 25.8 Å². The highest BCUT2D eigenvalue weighted by Gasteiger charge is 2.20. The summed E-state index contributed by atoms with van der Waals surface area (Å²) >= 11 is 0. The number of hydrogen-bond donors (Lipinski definition) is 0. The Hall–Kier alpha value is -2.32. The van der Waals surface area contributed by atoms with Gasteiger partial charge in [0.2, 0.25) is 0 Å². The predicted octanol–water partition coefficient (Wildman–Crippen LogP) is 17.3. The molecule has 9 heteroatoms. The lowest BCUT2D eigenvalue weighted by Gasteiger charge is -2.28. The van der Waals surface area contributed by atoms with E-state index >= 15 is 0 Å². The van der Waals surface area contributed by atoms with Crippen molar-refractivity contribution in [2.45, 2.75) is 238 Å². The molecule has 69 heavy (non-hydrogen) atoms. The Morgan fingerprint density at radius 2 is 0.841 bits per heavy atom. The second-order valence-corrected chi connectivity index (χ2v) is 21.3. The molecule has 0 aromatic rings. The first-order valence-electron chi connectivity index (χ1n) is 28.3. The van der Waals surface area contributed by atoms with E-state index < -0.39 is 13.9 Å². The van der Waals surface area contributed by atoms with E-state index in [4.69, 9.17) is 18.5 Å². The van der Waals surface area contributed by atoms with Crippen LogP contribution in [0, 0.1) is 0 Å². The van der Waals surface area contributed by atoms with Crippen molar-refractivity contribution in [2.75, 3.05) is 54.1 Å². The van der Waals surface area contributed by atoms with E-state index in [0.717, 1.165) is 96.3 Å². The minimum atomic E-state index is -4.55. The molecule has 0 saturated heterocycles. The van der Waals surface area contributed by atoms with Crippen molar-refractivity contribution in [2.24, 2.45) is 0 Å². The highest BCUT2D eigenvalue weighted by Crippen LogP contribution is 2.38. The first-order chi connectivity index (χ1) is 33.6. The number of quaternary nitrogens is 1. The summed E-state index contributed by atoms with van der Waals surface area (Å²) in [5, 5.41) is 0. The average Bonchev–Trinajstić information content (AvgIpc) is 3.31. The van der Waals surface area contributed by atoms with Crippen LogP contribution in [0.25, 0.3) is 0 Å². The third kappa shape index (κ3) is 56.5. The normalized spacial score (nSPS) is 14.1. The molecule has 0 amide bonds. The zero-order valence-corrected chi connectivity index (χ0v) is 46.4. The smallest absolute Gasteiger partial charge is 0.306 e. The summed E-state index contributed by atoms with van der Waals surface area (Å²) in [6.45, 7) is 5.25. The van der Waals surface area contributed by atoms with Crippen LogP contribution < -0.4 is 4.89 Å². The van der Waals surface area contributed by atoms with Gasteiger partial charge in [-0.1, -0.05) is 240 Å². The molecule has 400 valence electrons. The van der Waals surface area contributed by atoms with Gasteiger partial charge in [-0.2, -0.15) is 0 Å². The zero-order valence-electron chi connectivity index (χ0n) is 45.5. The van der Waals surface area contributed by atoms with Crippen molar-refractivity contribution in [3.05, 3.63) is 85.1 Å². The molecular formula is C60H108NO7P. The van der Waals surface area contributed by atoms with E-state index in [0.29, 0.717) is 24.1 Å². The molecule has 8 nitrogen and oxygen atoms in total. The van der Waals surface area contributed by atoms with E-state index in [2.05, 4.69) is 98.9 Å². The minimum Gasteiger partial charge on any atom is -0.756 e. The van der Waals surface area contributed by atoms with Gasteiger partial charge in [0.05, 0.1) is 34.4 Å². The lowest BCUT2D eigenvalue weighted by atomic mass is 10.0. The Labute approximate surface area is 426 Å². The maximum atomic E-state index is 12.8. The van der Waals surface area contributed by atoms with Crippen LogP contribution in [-0.2, 0) is 27.9 Å². The van der Waals surface area contributed by atoms with Gasteiger partial charge < -0.3 is 27.9 Å². The summed E-state index contributed by atoms with van der Waals surface area (Å²) in [6, 6.07) is 0. The summed E-state index contributed by atoms with van der Waals surface area (Å²) in [5.41, 5.74) is 0. The van der Waals surface area contributed by atoms with Crippen LogP contribution in [0.4, 0.5) is 0 Å². The van der Waals surface area contributed by atoms with Crippen molar-refractivity contribution in [1.82, 2.24) is 0 Å². The van der Waals surface area contributed by atoms with Gasteiger partial charge in [0.1, 0.15) is 19.3 Å². The zero-order chi connectivity index (χ0) is 50.5. The molecule has 0 spiro atoms. The first-order valence-corrected chi connectivity index (χ1v) is 29.8. The van der Waals surface area contributed by atoms with Crippen molar-refractivity contribution in [1.29, 1.82) is 0 Å². The number of ether oxygens (including phenoxy) is 2. The molecule has 0 fully saturated rings. The van der Waals surface area contributed by atoms with Crippen LogP contribution in [0.5, 0.6) is 0 Å². The topological polar surface area (TPSA) is 94.1 Å². The van der Waals surface area contributed by atoms with Gasteiger partial charge >= 0.3 is 5.97 Å². The fourth-order valence-electron chi connectivity index (χ4n) is 7.65. The second kappa shape index (κ2) is 52.0. The molecule has 0 N–H and O–H groups in total. The van der Waals surface area contributed by atoms with E-state index in [9.17, 15) is 14.3 Å². The largest absolute Gasteiger partial charge is 0.756 e. The number of esters is 1. The van der Waals surface area contributed by atoms with Crippen molar-refractivity contribution in [3.8, 4) is 0 Å². The molecule has 0 radical (unpaired) electrons. The molecule has 0 heterocycles. The van der Waals surface area contributed by atoms with E-state index in [1.807, 2.05) is 21.1 Å². The molecular weight excluding hydrogens is 878 g/mol. The number of unbranched alkanes of at least 4 members (excludes halogenated alkanes) is 24. The number of rotatable bonds is 52. The van der Waals surface area contributed by atoms with Gasteiger partial charge in [-0.25, -0.2) is 0 Å². The van der Waals surface area contributed by atoms with Gasteiger partial charge in [0, 0.05) is 13.0 Å². The quantitative estimate of drug-likeness (QED) is 0.0197. The predicted molar refractivity (Wildman–Crippen MR) is 295 cm³/mol. The number of likely N-dealkylation sites (N-methyl/N-ethyl adjacent to an activating group) is 1. The molecule has 0 aliphatic heterocycles. The molecule has 0 rings (SSSR count). The fraction of sp³-hybridized carbons (Fsp3) is 0.750. The number of nitrogens with zero attached hydrogens (tertiary/aromatic N) is 1. The molecule has 0 aliphatic carbocycles. The van der Waals surface area contributed by atoms with Crippen molar-refractivity contribution >= 4 is 13.8 Å². The second-order valence-electron chi connectivity index (χ2n) is 19.9. The Kier molecular flexibility index (Phi) is 50.3. The summed E-state index contributed by atoms with van der Waals surface area (Å²) in [6.07, 6.45) is 70.5. The summed E-state index contributed by atoms with van der Waals surface area (Å²) < 4.78 is 34.8. The maximum Gasteiger partial charge on any atom is 0.306 e. The standard InChI is InChI=1S/C60H108NO7P/c1-6-8-10-12-14-16-18-20-22-24-26-28-29-30-31-32-34-36-38-40-42-44-46-48-50-52-55-65-57-59(58-67-69(63,64)66-56-54-61(3,4)5)68-60(62)53-51-49-47-45-43-41-39-37-35-33-27-25-23-21-19-17-15-13-11-9-7-2/h8,10,14,16,20,22,26,28,30-31,34,36,40,42,59H,6-7,9,11-13,15,17-19,21,23-25,27,29,32-33,35,37-39,41,43-58H2,1-5H3/b10-8-,16-14-,22-20-,28-26-,31-30-,36-34-,42-40-. The lowest BCUT2D eigenvalue weighted by Crippen LogP contribution is -2.37. The van der Waals surface area contributed by atoms with Crippen LogP contribution >= 0.6 is 7.82 Å². The van der Waals surface area contributed by atoms with Gasteiger partial charge in [0.15, 0.2) is 0 Å². The Morgan fingerprint density at radius 1 is 0.464 bits per heavy atom. The average molecular weight is 986 g/mol. The number of allylic oxidation sites excluding steroid dienone is 14. The monoisotopic (exact) mass is 986 g/mol. The van der Waals surface area contributed by atoms with Crippen LogP contribution in [0.1, 0.15) is 232 Å².